The Morgan fingerprint density at radius 3 is 2.73 bits per heavy atom. The Hall–Kier alpha value is -2.85. The third-order valence-corrected chi connectivity index (χ3v) is 7.92. The Kier molecular flexibility index (Phi) is 4.60. The van der Waals surface area contributed by atoms with E-state index >= 15 is 0 Å². The summed E-state index contributed by atoms with van der Waals surface area (Å²) in [5.74, 6) is 0.967. The van der Waals surface area contributed by atoms with Gasteiger partial charge in [0.1, 0.15) is 5.82 Å². The molecule has 3 heterocycles. The Labute approximate surface area is 191 Å². The fraction of sp³-hybridized carbons (Fsp3) is 0.609. The monoisotopic (exact) mass is 454 g/mol. The number of carbonyl (C=O) groups is 2. The molecular weight excluding hydrogens is 424 g/mol. The first-order valence-corrected chi connectivity index (χ1v) is 11.8. The van der Waals surface area contributed by atoms with Crippen LogP contribution in [0.25, 0.3) is 11.3 Å². The summed E-state index contributed by atoms with van der Waals surface area (Å²) in [6, 6.07) is 2.16. The van der Waals surface area contributed by atoms with Gasteiger partial charge in [-0.3, -0.25) is 14.3 Å². The minimum absolute atomic E-state index is 0.00256. The molecule has 7 rings (SSSR count). The lowest BCUT2D eigenvalue weighted by molar-refractivity contribution is -0.148. The lowest BCUT2D eigenvalue weighted by atomic mass is 9.52. The first kappa shape index (κ1) is 20.7. The predicted molar refractivity (Wildman–Crippen MR) is 120 cm³/mol. The van der Waals surface area contributed by atoms with E-state index in [4.69, 9.17) is 5.10 Å². The Balaban J connectivity index is 1.36. The number of nitrogens with one attached hydrogen (secondary N) is 4. The van der Waals surface area contributed by atoms with Crippen LogP contribution >= 0.6 is 0 Å². The van der Waals surface area contributed by atoms with Crippen molar-refractivity contribution in [3.63, 3.8) is 0 Å². The van der Waals surface area contributed by atoms with Crippen LogP contribution in [0.4, 0.5) is 11.6 Å². The second-order valence-electron chi connectivity index (χ2n) is 10.4. The molecule has 0 aromatic carbocycles. The van der Waals surface area contributed by atoms with Crippen molar-refractivity contribution < 1.29 is 19.8 Å². The molecule has 0 radical (unpaired) electrons. The van der Waals surface area contributed by atoms with Crippen molar-refractivity contribution in [2.75, 3.05) is 17.2 Å². The third kappa shape index (κ3) is 3.34. The molecule has 0 spiro atoms. The number of hydrogen-bond donors (Lipinski definition) is 6. The van der Waals surface area contributed by atoms with Crippen molar-refractivity contribution in [3.05, 3.63) is 17.8 Å². The molecule has 176 valence electrons. The first-order chi connectivity index (χ1) is 15.8. The van der Waals surface area contributed by atoms with Crippen molar-refractivity contribution in [2.45, 2.75) is 63.3 Å². The maximum Gasteiger partial charge on any atom is 0.314 e. The van der Waals surface area contributed by atoms with E-state index in [2.05, 4.69) is 25.6 Å². The number of aliphatic hydroxyl groups excluding tert-OH is 1. The molecule has 0 saturated heterocycles. The average molecular weight is 455 g/mol. The minimum atomic E-state index is -0.804. The van der Waals surface area contributed by atoms with Crippen molar-refractivity contribution >= 4 is 23.5 Å². The minimum Gasteiger partial charge on any atom is -0.392 e. The topological polar surface area (TPSA) is 144 Å². The van der Waals surface area contributed by atoms with Gasteiger partial charge in [0, 0.05) is 30.4 Å². The van der Waals surface area contributed by atoms with Gasteiger partial charge >= 0.3 is 11.8 Å². The van der Waals surface area contributed by atoms with E-state index in [0.29, 0.717) is 30.1 Å². The highest BCUT2D eigenvalue weighted by Crippen LogP contribution is 2.60. The molecule has 10 nitrogen and oxygen atoms in total. The summed E-state index contributed by atoms with van der Waals surface area (Å²) in [5, 5.41) is 33.8. The van der Waals surface area contributed by atoms with Crippen molar-refractivity contribution in [1.29, 1.82) is 0 Å². The number of H-pyrrole nitrogens is 1. The van der Waals surface area contributed by atoms with E-state index in [1.807, 2.05) is 12.3 Å². The number of aromatic nitrogens is 3. The van der Waals surface area contributed by atoms with Gasteiger partial charge in [0.15, 0.2) is 5.82 Å². The van der Waals surface area contributed by atoms with Gasteiger partial charge in [-0.25, -0.2) is 0 Å². The number of anilines is 2. The molecule has 4 aliphatic carbocycles. The predicted octanol–water partition coefficient (Wildman–Crippen LogP) is 1.35. The van der Waals surface area contributed by atoms with Gasteiger partial charge in [0.05, 0.1) is 23.4 Å². The van der Waals surface area contributed by atoms with Gasteiger partial charge in [-0.15, -0.1) is 0 Å². The number of aromatic amines is 1. The summed E-state index contributed by atoms with van der Waals surface area (Å²) in [7, 11) is 0. The molecular formula is C23H30N6O4. The molecule has 4 fully saturated rings. The standard InChI is InChI=1S/C23H30N6O4/c1-11(30)9-26-21(31)22(32)27-20-16-10-25-19-15(2-3-24-19)18(16)29(28-20)17-13-4-12-5-14(17)8-23(33,6-12)7-13/h2-3,11-14,17,24-25,30,33H,4-10H2,1H3,(H,26,31)(H,27,28,32)/t11?,12?,13-,14+,17?,23?. The Bertz CT molecular complexity index is 1100. The third-order valence-electron chi connectivity index (χ3n) is 7.92. The summed E-state index contributed by atoms with van der Waals surface area (Å²) in [6.07, 6.45) is 5.84. The number of rotatable bonds is 4. The van der Waals surface area contributed by atoms with Crippen LogP contribution in [0.1, 0.15) is 50.6 Å². The summed E-state index contributed by atoms with van der Waals surface area (Å²) in [6.45, 7) is 2.02. The SMILES string of the molecule is CC(O)CNC(=O)C(=O)Nc1nn(C2[C@@H]3CC4C[C@H]2CC(O)(C4)C3)c2c1CNc1[nH]ccc1-2. The Morgan fingerprint density at radius 1 is 1.27 bits per heavy atom. The number of aliphatic hydroxyl groups is 2. The van der Waals surface area contributed by atoms with E-state index in [-0.39, 0.29) is 12.6 Å². The van der Waals surface area contributed by atoms with Crippen LogP contribution in [-0.4, -0.2) is 55.0 Å². The van der Waals surface area contributed by atoms with Crippen LogP contribution in [0.2, 0.25) is 0 Å². The lowest BCUT2D eigenvalue weighted by Gasteiger charge is -2.58. The van der Waals surface area contributed by atoms with E-state index in [9.17, 15) is 19.8 Å². The highest BCUT2D eigenvalue weighted by molar-refractivity contribution is 6.39. The quantitative estimate of drug-likeness (QED) is 0.385. The van der Waals surface area contributed by atoms with Crippen LogP contribution < -0.4 is 16.0 Å². The second kappa shape index (κ2) is 7.33. The van der Waals surface area contributed by atoms with E-state index < -0.39 is 23.5 Å². The largest absolute Gasteiger partial charge is 0.392 e. The van der Waals surface area contributed by atoms with Gasteiger partial charge in [-0.1, -0.05) is 0 Å². The van der Waals surface area contributed by atoms with Crippen molar-refractivity contribution in [3.8, 4) is 11.3 Å². The summed E-state index contributed by atoms with van der Waals surface area (Å²) in [4.78, 5) is 28.0. The van der Waals surface area contributed by atoms with Gasteiger partial charge < -0.3 is 31.1 Å². The molecule has 6 N–H and O–H groups in total. The molecule has 10 heteroatoms. The highest BCUT2D eigenvalue weighted by Gasteiger charge is 2.56. The zero-order chi connectivity index (χ0) is 22.9. The summed E-state index contributed by atoms with van der Waals surface area (Å²) in [5.41, 5.74) is 2.27. The molecule has 4 saturated carbocycles. The molecule has 4 bridgehead atoms. The Morgan fingerprint density at radius 2 is 2.03 bits per heavy atom. The van der Waals surface area contributed by atoms with Crippen LogP contribution in [-0.2, 0) is 16.1 Å². The number of nitrogens with zero attached hydrogens (tertiary/aromatic N) is 2. The van der Waals surface area contributed by atoms with Crippen LogP contribution in [0.15, 0.2) is 12.3 Å². The zero-order valence-corrected chi connectivity index (χ0v) is 18.6. The molecule has 2 aromatic heterocycles. The zero-order valence-electron chi connectivity index (χ0n) is 18.6. The van der Waals surface area contributed by atoms with E-state index in [1.54, 1.807) is 0 Å². The molecule has 33 heavy (non-hydrogen) atoms. The smallest absolute Gasteiger partial charge is 0.314 e. The molecule has 6 atom stereocenters. The van der Waals surface area contributed by atoms with E-state index in [0.717, 1.165) is 54.7 Å². The fourth-order valence-electron chi connectivity index (χ4n) is 6.97. The molecule has 1 aliphatic heterocycles. The molecule has 4 unspecified atom stereocenters. The number of carbonyl (C=O) groups excluding carboxylic acids is 2. The maximum atomic E-state index is 12.6. The van der Waals surface area contributed by atoms with Gasteiger partial charge in [0.2, 0.25) is 0 Å². The summed E-state index contributed by atoms with van der Waals surface area (Å²) >= 11 is 0. The average Bonchev–Trinajstić information content (AvgIpc) is 3.35. The number of hydrogen-bond acceptors (Lipinski definition) is 6. The van der Waals surface area contributed by atoms with Crippen LogP contribution in [0.5, 0.6) is 0 Å². The number of amides is 2. The van der Waals surface area contributed by atoms with Gasteiger partial charge in [-0.2, -0.15) is 5.10 Å². The van der Waals surface area contributed by atoms with Crippen molar-refractivity contribution in [1.82, 2.24) is 20.1 Å². The maximum absolute atomic E-state index is 12.6. The molecule has 2 amide bonds. The fourth-order valence-corrected chi connectivity index (χ4v) is 6.97. The highest BCUT2D eigenvalue weighted by atomic mass is 16.3. The first-order valence-electron chi connectivity index (χ1n) is 11.8. The van der Waals surface area contributed by atoms with E-state index in [1.165, 1.54) is 6.92 Å². The van der Waals surface area contributed by atoms with Crippen LogP contribution in [0, 0.1) is 17.8 Å². The number of fused-ring (bicyclic) bond motifs is 3. The van der Waals surface area contributed by atoms with Gasteiger partial charge in [0.25, 0.3) is 0 Å². The van der Waals surface area contributed by atoms with Crippen LogP contribution in [0.3, 0.4) is 0 Å². The normalized spacial score (nSPS) is 32.0. The molecule has 5 aliphatic rings. The molecule has 2 aromatic rings. The van der Waals surface area contributed by atoms with Gasteiger partial charge in [-0.05, 0) is 62.8 Å². The van der Waals surface area contributed by atoms with Crippen molar-refractivity contribution in [2.24, 2.45) is 17.8 Å². The second-order valence-corrected chi connectivity index (χ2v) is 10.4. The summed E-state index contributed by atoms with van der Waals surface area (Å²) < 4.78 is 2.07. The lowest BCUT2D eigenvalue weighted by Crippen LogP contribution is -2.55.